The number of rotatable bonds is 5. The van der Waals surface area contributed by atoms with Gasteiger partial charge in [-0.2, -0.15) is 5.10 Å². The molecule has 2 aromatic rings. The monoisotopic (exact) mass is 299 g/mol. The maximum absolute atomic E-state index is 13.4. The molecule has 0 atom stereocenters. The van der Waals surface area contributed by atoms with E-state index in [1.807, 2.05) is 0 Å². The normalized spacial score (nSPS) is 11.6. The Labute approximate surface area is 126 Å². The zero-order valence-electron chi connectivity index (χ0n) is 11.9. The quantitative estimate of drug-likeness (QED) is 0.510. The summed E-state index contributed by atoms with van der Waals surface area (Å²) in [7, 11) is 0. The lowest BCUT2D eigenvalue weighted by molar-refractivity contribution is -0.384. The van der Waals surface area contributed by atoms with Gasteiger partial charge in [-0.1, -0.05) is 24.3 Å². The standard InChI is InChI=1S/C16H14FN3O2/c1-12(6-7-13-4-2-3-5-16(13)17)18-19-14-8-10-15(11-9-14)20(21)22/h2-11,19H,1H3/b7-6+,18-12+. The number of hydrazone groups is 1. The Morgan fingerprint density at radius 2 is 1.91 bits per heavy atom. The molecule has 0 amide bonds. The van der Waals surface area contributed by atoms with Crippen molar-refractivity contribution in [1.82, 2.24) is 0 Å². The van der Waals surface area contributed by atoms with Crippen LogP contribution in [0.5, 0.6) is 0 Å². The maximum atomic E-state index is 13.4. The van der Waals surface area contributed by atoms with Gasteiger partial charge < -0.3 is 0 Å². The molecule has 0 unspecified atom stereocenters. The van der Waals surface area contributed by atoms with E-state index in [2.05, 4.69) is 10.5 Å². The van der Waals surface area contributed by atoms with Gasteiger partial charge >= 0.3 is 0 Å². The number of halogens is 1. The summed E-state index contributed by atoms with van der Waals surface area (Å²) in [6, 6.07) is 12.4. The van der Waals surface area contributed by atoms with E-state index in [0.717, 1.165) is 0 Å². The molecule has 5 nitrogen and oxygen atoms in total. The summed E-state index contributed by atoms with van der Waals surface area (Å²) in [6.45, 7) is 1.76. The number of allylic oxidation sites excluding steroid dienone is 1. The third-order valence-electron chi connectivity index (χ3n) is 2.85. The molecular weight excluding hydrogens is 285 g/mol. The number of non-ortho nitro benzene ring substituents is 1. The maximum Gasteiger partial charge on any atom is 0.269 e. The third-order valence-corrected chi connectivity index (χ3v) is 2.85. The molecule has 2 aromatic carbocycles. The number of anilines is 1. The molecule has 6 heteroatoms. The van der Waals surface area contributed by atoms with Gasteiger partial charge in [-0.3, -0.25) is 15.5 Å². The molecule has 0 spiro atoms. The van der Waals surface area contributed by atoms with Crippen LogP contribution in [0.2, 0.25) is 0 Å². The van der Waals surface area contributed by atoms with Gasteiger partial charge in [0.2, 0.25) is 0 Å². The second-order valence-electron chi connectivity index (χ2n) is 4.52. The van der Waals surface area contributed by atoms with E-state index in [1.54, 1.807) is 49.4 Å². The summed E-state index contributed by atoms with van der Waals surface area (Å²) < 4.78 is 13.4. The van der Waals surface area contributed by atoms with Crippen molar-refractivity contribution in [3.63, 3.8) is 0 Å². The summed E-state index contributed by atoms with van der Waals surface area (Å²) in [4.78, 5) is 10.1. The van der Waals surface area contributed by atoms with Crippen molar-refractivity contribution in [2.24, 2.45) is 5.10 Å². The molecule has 1 N–H and O–H groups in total. The van der Waals surface area contributed by atoms with E-state index in [0.29, 0.717) is 17.0 Å². The fourth-order valence-corrected chi connectivity index (χ4v) is 1.67. The molecule has 0 heterocycles. The third kappa shape index (κ3) is 4.24. The first kappa shape index (κ1) is 15.4. The van der Waals surface area contributed by atoms with Gasteiger partial charge in [0.15, 0.2) is 0 Å². The van der Waals surface area contributed by atoms with Crippen molar-refractivity contribution in [1.29, 1.82) is 0 Å². The molecule has 0 aliphatic carbocycles. The molecule has 0 saturated carbocycles. The first-order valence-corrected chi connectivity index (χ1v) is 6.53. The molecule has 0 aliphatic rings. The summed E-state index contributed by atoms with van der Waals surface area (Å²) >= 11 is 0. The predicted octanol–water partition coefficient (Wildman–Crippen LogP) is 4.24. The van der Waals surface area contributed by atoms with Crippen molar-refractivity contribution < 1.29 is 9.31 Å². The Hall–Kier alpha value is -3.02. The summed E-state index contributed by atoms with van der Waals surface area (Å²) in [5.74, 6) is -0.296. The number of hydrogen-bond acceptors (Lipinski definition) is 4. The molecule has 112 valence electrons. The van der Waals surface area contributed by atoms with Gasteiger partial charge in [-0.05, 0) is 31.2 Å². The summed E-state index contributed by atoms with van der Waals surface area (Å²) in [6.07, 6.45) is 3.31. The predicted molar refractivity (Wildman–Crippen MR) is 85.3 cm³/mol. The number of nitro benzene ring substituents is 1. The zero-order chi connectivity index (χ0) is 15.9. The van der Waals surface area contributed by atoms with E-state index in [-0.39, 0.29) is 11.5 Å². The van der Waals surface area contributed by atoms with E-state index >= 15 is 0 Å². The highest BCUT2D eigenvalue weighted by molar-refractivity contribution is 5.96. The lowest BCUT2D eigenvalue weighted by Gasteiger charge is -2.00. The fraction of sp³-hybridized carbons (Fsp3) is 0.0625. The number of nitrogens with one attached hydrogen (secondary N) is 1. The highest BCUT2D eigenvalue weighted by Gasteiger charge is 2.03. The molecule has 0 fully saturated rings. The van der Waals surface area contributed by atoms with Gasteiger partial charge in [0.05, 0.1) is 16.3 Å². The molecule has 0 radical (unpaired) electrons. The van der Waals surface area contributed by atoms with Crippen LogP contribution in [0.25, 0.3) is 6.08 Å². The van der Waals surface area contributed by atoms with E-state index in [4.69, 9.17) is 0 Å². The van der Waals surface area contributed by atoms with Crippen LogP contribution in [0.1, 0.15) is 12.5 Å². The van der Waals surface area contributed by atoms with E-state index < -0.39 is 4.92 Å². The molecule has 0 aromatic heterocycles. The largest absolute Gasteiger partial charge is 0.278 e. The van der Waals surface area contributed by atoms with Crippen molar-refractivity contribution in [3.8, 4) is 0 Å². The van der Waals surface area contributed by atoms with Crippen molar-refractivity contribution in [3.05, 3.63) is 76.1 Å². The minimum atomic E-state index is -0.463. The number of nitrogens with zero attached hydrogens (tertiary/aromatic N) is 2. The first-order valence-electron chi connectivity index (χ1n) is 6.53. The molecule has 0 aliphatic heterocycles. The van der Waals surface area contributed by atoms with Gasteiger partial charge in [-0.15, -0.1) is 0 Å². The second kappa shape index (κ2) is 7.12. The van der Waals surface area contributed by atoms with Crippen molar-refractivity contribution >= 4 is 23.2 Å². The zero-order valence-corrected chi connectivity index (χ0v) is 11.9. The van der Waals surface area contributed by atoms with Crippen LogP contribution in [-0.2, 0) is 0 Å². The van der Waals surface area contributed by atoms with E-state index in [9.17, 15) is 14.5 Å². The first-order chi connectivity index (χ1) is 10.6. The molecule has 0 bridgehead atoms. The smallest absolute Gasteiger partial charge is 0.269 e. The topological polar surface area (TPSA) is 67.5 Å². The van der Waals surface area contributed by atoms with Crippen LogP contribution in [0, 0.1) is 15.9 Å². The lowest BCUT2D eigenvalue weighted by atomic mass is 10.2. The fourth-order valence-electron chi connectivity index (χ4n) is 1.67. The Morgan fingerprint density at radius 3 is 2.55 bits per heavy atom. The van der Waals surface area contributed by atoms with Gasteiger partial charge in [0, 0.05) is 17.7 Å². The summed E-state index contributed by atoms with van der Waals surface area (Å²) in [5, 5.41) is 14.6. The highest BCUT2D eigenvalue weighted by Crippen LogP contribution is 2.15. The molecule has 0 saturated heterocycles. The van der Waals surface area contributed by atoms with E-state index in [1.165, 1.54) is 18.2 Å². The van der Waals surface area contributed by atoms with Gasteiger partial charge in [0.25, 0.3) is 5.69 Å². The number of benzene rings is 2. The second-order valence-corrected chi connectivity index (χ2v) is 4.52. The van der Waals surface area contributed by atoms with Crippen LogP contribution in [-0.4, -0.2) is 10.6 Å². The van der Waals surface area contributed by atoms with Crippen molar-refractivity contribution in [2.45, 2.75) is 6.92 Å². The van der Waals surface area contributed by atoms with Gasteiger partial charge in [0.1, 0.15) is 5.82 Å². The minimum Gasteiger partial charge on any atom is -0.278 e. The molecular formula is C16H14FN3O2. The molecule has 2 rings (SSSR count). The number of nitro groups is 1. The SMILES string of the molecule is CC(/C=C/c1ccccc1F)=N\Nc1ccc([N+](=O)[O-])cc1. The van der Waals surface area contributed by atoms with Crippen LogP contribution < -0.4 is 5.43 Å². The van der Waals surface area contributed by atoms with Crippen LogP contribution >= 0.6 is 0 Å². The van der Waals surface area contributed by atoms with Crippen LogP contribution in [0.15, 0.2) is 59.7 Å². The Bertz CT molecular complexity index is 724. The highest BCUT2D eigenvalue weighted by atomic mass is 19.1. The van der Waals surface area contributed by atoms with Crippen LogP contribution in [0.4, 0.5) is 15.8 Å². The number of hydrogen-bond donors (Lipinski definition) is 1. The minimum absolute atomic E-state index is 0.0192. The molecule has 22 heavy (non-hydrogen) atoms. The average Bonchev–Trinajstić information content (AvgIpc) is 2.52. The Morgan fingerprint density at radius 1 is 1.23 bits per heavy atom. The Kier molecular flexibility index (Phi) is 4.98. The van der Waals surface area contributed by atoms with Crippen molar-refractivity contribution in [2.75, 3.05) is 5.43 Å². The lowest BCUT2D eigenvalue weighted by Crippen LogP contribution is -1.95. The van der Waals surface area contributed by atoms with Gasteiger partial charge in [-0.25, -0.2) is 4.39 Å². The average molecular weight is 299 g/mol. The van der Waals surface area contributed by atoms with Crippen LogP contribution in [0.3, 0.4) is 0 Å². The summed E-state index contributed by atoms with van der Waals surface area (Å²) in [5.41, 5.74) is 4.55. The Balaban J connectivity index is 2.00.